The molecule has 1 aliphatic rings. The quantitative estimate of drug-likeness (QED) is 0.516. The summed E-state index contributed by atoms with van der Waals surface area (Å²) in [6.45, 7) is 3.70. The van der Waals surface area contributed by atoms with E-state index < -0.39 is 5.97 Å². The van der Waals surface area contributed by atoms with Gasteiger partial charge in [0.25, 0.3) is 0 Å². The first-order valence-corrected chi connectivity index (χ1v) is 7.11. The maximum absolute atomic E-state index is 11.9. The maximum atomic E-state index is 11.9. The lowest BCUT2D eigenvalue weighted by Gasteiger charge is -2.20. The van der Waals surface area contributed by atoms with Crippen molar-refractivity contribution in [1.82, 2.24) is 0 Å². The van der Waals surface area contributed by atoms with E-state index in [0.29, 0.717) is 16.0 Å². The number of benzene rings is 1. The Morgan fingerprint density at radius 2 is 2.30 bits per heavy atom. The van der Waals surface area contributed by atoms with E-state index in [9.17, 15) is 9.59 Å². The van der Waals surface area contributed by atoms with Crippen molar-refractivity contribution in [3.63, 3.8) is 0 Å². The van der Waals surface area contributed by atoms with Crippen LogP contribution in [0.2, 0.25) is 5.02 Å². The molecule has 0 bridgehead atoms. The number of aryl methyl sites for hydroxylation is 1. The molecule has 0 saturated heterocycles. The number of nitrogens with zero attached hydrogens (tertiary/aromatic N) is 1. The van der Waals surface area contributed by atoms with Crippen LogP contribution < -0.4 is 0 Å². The molecule has 106 valence electrons. The van der Waals surface area contributed by atoms with Crippen molar-refractivity contribution in [2.75, 3.05) is 6.61 Å². The van der Waals surface area contributed by atoms with Crippen molar-refractivity contribution in [1.29, 1.82) is 0 Å². The molecular formula is C13H12ClNO4S. The normalized spacial score (nSPS) is 16.1. The number of esters is 1. The summed E-state index contributed by atoms with van der Waals surface area (Å²) in [5.41, 5.74) is 1.53. The molecule has 20 heavy (non-hydrogen) atoms. The van der Waals surface area contributed by atoms with Gasteiger partial charge in [0.05, 0.1) is 29.3 Å². The van der Waals surface area contributed by atoms with Crippen LogP contribution in [0, 0.1) is 6.92 Å². The number of carbonyl (C=O) groups is 2. The number of oxime groups is 1. The Balaban J connectivity index is 2.66. The number of fused-ring (bicyclic) bond motifs is 1. The van der Waals surface area contributed by atoms with Crippen LogP contribution in [0.5, 0.6) is 0 Å². The van der Waals surface area contributed by atoms with Gasteiger partial charge in [0, 0.05) is 10.5 Å². The number of halogens is 1. The minimum atomic E-state index is -0.539. The molecule has 0 atom stereocenters. The molecule has 0 unspecified atom stereocenters. The zero-order valence-electron chi connectivity index (χ0n) is 10.9. The molecule has 0 spiro atoms. The van der Waals surface area contributed by atoms with E-state index in [-0.39, 0.29) is 34.4 Å². The van der Waals surface area contributed by atoms with Crippen molar-refractivity contribution in [3.8, 4) is 0 Å². The third-order valence-corrected chi connectivity index (χ3v) is 4.33. The van der Waals surface area contributed by atoms with Crippen molar-refractivity contribution in [2.24, 2.45) is 5.16 Å². The smallest absolute Gasteiger partial charge is 0.339 e. The highest BCUT2D eigenvalue weighted by Gasteiger charge is 2.30. The van der Waals surface area contributed by atoms with E-state index in [1.807, 2.05) is 0 Å². The SMILES string of the molecule is CCOC(=O)c1cc(C)c2c(c1Cl)C(=NO)CC(=O)S2. The minimum absolute atomic E-state index is 0.0282. The first-order chi connectivity index (χ1) is 9.49. The van der Waals surface area contributed by atoms with Gasteiger partial charge in [-0.3, -0.25) is 4.79 Å². The van der Waals surface area contributed by atoms with Gasteiger partial charge in [0.15, 0.2) is 5.12 Å². The predicted octanol–water partition coefficient (Wildman–Crippen LogP) is 3.03. The average molecular weight is 314 g/mol. The topological polar surface area (TPSA) is 76.0 Å². The Labute approximate surface area is 124 Å². The lowest BCUT2D eigenvalue weighted by atomic mass is 10.0. The standard InChI is InChI=1S/C13H12ClNO4S/c1-3-19-13(17)7-4-6(2)12-10(11(7)14)8(15-18)5-9(16)20-12/h4,18H,3,5H2,1-2H3. The molecule has 0 aliphatic carbocycles. The van der Waals surface area contributed by atoms with Gasteiger partial charge >= 0.3 is 5.97 Å². The highest BCUT2D eigenvalue weighted by Crippen LogP contribution is 2.40. The van der Waals surface area contributed by atoms with Gasteiger partial charge in [-0.15, -0.1) is 0 Å². The molecule has 2 rings (SSSR count). The molecule has 0 fully saturated rings. The summed E-state index contributed by atoms with van der Waals surface area (Å²) in [6, 6.07) is 1.58. The minimum Gasteiger partial charge on any atom is -0.462 e. The second-order valence-corrected chi connectivity index (χ2v) is 5.62. The summed E-state index contributed by atoms with van der Waals surface area (Å²) in [4.78, 5) is 24.1. The summed E-state index contributed by atoms with van der Waals surface area (Å²) in [5.74, 6) is -0.539. The van der Waals surface area contributed by atoms with Crippen LogP contribution in [0.15, 0.2) is 16.1 Å². The van der Waals surface area contributed by atoms with Gasteiger partial charge in [-0.2, -0.15) is 0 Å². The lowest BCUT2D eigenvalue weighted by molar-refractivity contribution is -0.110. The van der Waals surface area contributed by atoms with Crippen LogP contribution in [-0.4, -0.2) is 28.6 Å². The van der Waals surface area contributed by atoms with Gasteiger partial charge in [-0.25, -0.2) is 4.79 Å². The molecule has 1 aromatic carbocycles. The molecule has 0 radical (unpaired) electrons. The molecule has 0 saturated carbocycles. The summed E-state index contributed by atoms with van der Waals surface area (Å²) < 4.78 is 4.95. The highest BCUT2D eigenvalue weighted by atomic mass is 35.5. The Morgan fingerprint density at radius 3 is 2.90 bits per heavy atom. The predicted molar refractivity (Wildman–Crippen MR) is 76.0 cm³/mol. The molecule has 7 heteroatoms. The van der Waals surface area contributed by atoms with Crippen LogP contribution >= 0.6 is 23.4 Å². The fourth-order valence-corrected chi connectivity index (χ4v) is 3.35. The van der Waals surface area contributed by atoms with E-state index in [1.54, 1.807) is 19.9 Å². The second kappa shape index (κ2) is 5.85. The van der Waals surface area contributed by atoms with E-state index in [1.165, 1.54) is 0 Å². The largest absolute Gasteiger partial charge is 0.462 e. The van der Waals surface area contributed by atoms with E-state index in [2.05, 4.69) is 5.16 Å². The molecule has 0 aromatic heterocycles. The van der Waals surface area contributed by atoms with E-state index >= 15 is 0 Å². The molecule has 1 heterocycles. The molecule has 1 aromatic rings. The zero-order valence-corrected chi connectivity index (χ0v) is 12.5. The van der Waals surface area contributed by atoms with Gasteiger partial charge in [-0.05, 0) is 25.5 Å². The number of hydrogen-bond acceptors (Lipinski definition) is 6. The van der Waals surface area contributed by atoms with Crippen LogP contribution in [0.3, 0.4) is 0 Å². The van der Waals surface area contributed by atoms with Crippen molar-refractivity contribution < 1.29 is 19.5 Å². The third kappa shape index (κ3) is 2.53. The third-order valence-electron chi connectivity index (χ3n) is 2.83. The van der Waals surface area contributed by atoms with Crippen molar-refractivity contribution in [3.05, 3.63) is 27.8 Å². The maximum Gasteiger partial charge on any atom is 0.339 e. The molecule has 5 nitrogen and oxygen atoms in total. The average Bonchev–Trinajstić information content (AvgIpc) is 2.41. The van der Waals surface area contributed by atoms with Crippen LogP contribution in [0.25, 0.3) is 0 Å². The molecular weight excluding hydrogens is 302 g/mol. The molecule has 1 N–H and O–H groups in total. The highest BCUT2D eigenvalue weighted by molar-refractivity contribution is 8.14. The number of thioether (sulfide) groups is 1. The summed E-state index contributed by atoms with van der Waals surface area (Å²) in [7, 11) is 0. The van der Waals surface area contributed by atoms with Gasteiger partial charge in [0.1, 0.15) is 0 Å². The fraction of sp³-hybridized carbons (Fsp3) is 0.308. The van der Waals surface area contributed by atoms with Crippen LogP contribution in [0.4, 0.5) is 0 Å². The fourth-order valence-electron chi connectivity index (χ4n) is 1.98. The lowest BCUT2D eigenvalue weighted by Crippen LogP contribution is -2.18. The Kier molecular flexibility index (Phi) is 4.35. The number of rotatable bonds is 2. The van der Waals surface area contributed by atoms with E-state index in [4.69, 9.17) is 21.5 Å². The summed E-state index contributed by atoms with van der Waals surface area (Å²) in [5, 5.41) is 12.2. The van der Waals surface area contributed by atoms with Gasteiger partial charge < -0.3 is 9.94 Å². The summed E-state index contributed by atoms with van der Waals surface area (Å²) >= 11 is 7.27. The first-order valence-electron chi connectivity index (χ1n) is 5.91. The summed E-state index contributed by atoms with van der Waals surface area (Å²) in [6.07, 6.45) is -0.0282. The van der Waals surface area contributed by atoms with Crippen molar-refractivity contribution >= 4 is 40.2 Å². The van der Waals surface area contributed by atoms with E-state index in [0.717, 1.165) is 11.8 Å². The Bertz CT molecular complexity index is 627. The molecule has 1 aliphatic heterocycles. The van der Waals surface area contributed by atoms with Crippen LogP contribution in [0.1, 0.15) is 34.8 Å². The monoisotopic (exact) mass is 313 g/mol. The van der Waals surface area contributed by atoms with Gasteiger partial charge in [0.2, 0.25) is 0 Å². The van der Waals surface area contributed by atoms with Crippen molar-refractivity contribution in [2.45, 2.75) is 25.2 Å². The number of carbonyl (C=O) groups excluding carboxylic acids is 2. The molecule has 0 amide bonds. The number of hydrogen-bond donors (Lipinski definition) is 1. The van der Waals surface area contributed by atoms with Crippen LogP contribution in [-0.2, 0) is 9.53 Å². The Morgan fingerprint density at radius 1 is 1.60 bits per heavy atom. The number of ether oxygens (including phenoxy) is 1. The first kappa shape index (κ1) is 14.9. The second-order valence-electron chi connectivity index (χ2n) is 4.18. The Hall–Kier alpha value is -1.53. The zero-order chi connectivity index (χ0) is 14.9. The van der Waals surface area contributed by atoms with Gasteiger partial charge in [-0.1, -0.05) is 28.5 Å².